The molecule has 1 heterocycles. The molecule has 1 aromatic carbocycles. The highest BCUT2D eigenvalue weighted by Crippen LogP contribution is 2.24. The van der Waals surface area contributed by atoms with Crippen molar-refractivity contribution in [1.29, 1.82) is 0 Å². The summed E-state index contributed by atoms with van der Waals surface area (Å²) in [4.78, 5) is 27.2. The highest BCUT2D eigenvalue weighted by atomic mass is 16.6. The summed E-state index contributed by atoms with van der Waals surface area (Å²) in [6, 6.07) is 4.38. The Morgan fingerprint density at radius 1 is 1.24 bits per heavy atom. The van der Waals surface area contributed by atoms with Crippen LogP contribution in [0.25, 0.3) is 0 Å². The number of benzene rings is 1. The van der Waals surface area contributed by atoms with E-state index in [0.29, 0.717) is 17.8 Å². The zero-order chi connectivity index (χ0) is 18.2. The SMILES string of the molecule is CN(C)c1ccc([N+](=O)[O-])cc1C(=O)NCCCN1CCCCCC1. The number of nitro groups is 1. The third kappa shape index (κ3) is 5.70. The van der Waals surface area contributed by atoms with Gasteiger partial charge in [-0.3, -0.25) is 14.9 Å². The van der Waals surface area contributed by atoms with Crippen LogP contribution in [0.15, 0.2) is 18.2 Å². The summed E-state index contributed by atoms with van der Waals surface area (Å²) in [5, 5.41) is 13.9. The smallest absolute Gasteiger partial charge is 0.270 e. The Bertz CT molecular complexity index is 596. The molecule has 0 atom stereocenters. The van der Waals surface area contributed by atoms with E-state index in [2.05, 4.69) is 10.2 Å². The van der Waals surface area contributed by atoms with Crippen LogP contribution in [0.3, 0.4) is 0 Å². The first-order chi connectivity index (χ1) is 12.0. The lowest BCUT2D eigenvalue weighted by atomic mass is 10.1. The van der Waals surface area contributed by atoms with Crippen LogP contribution in [-0.2, 0) is 0 Å². The number of nitrogens with zero attached hydrogens (tertiary/aromatic N) is 3. The van der Waals surface area contributed by atoms with Crippen LogP contribution < -0.4 is 10.2 Å². The van der Waals surface area contributed by atoms with Crippen molar-refractivity contribution in [1.82, 2.24) is 10.2 Å². The zero-order valence-electron chi connectivity index (χ0n) is 15.2. The second kappa shape index (κ2) is 9.36. The molecule has 1 amide bonds. The van der Waals surface area contributed by atoms with E-state index in [-0.39, 0.29) is 11.6 Å². The monoisotopic (exact) mass is 348 g/mol. The maximum absolute atomic E-state index is 12.5. The van der Waals surface area contributed by atoms with Gasteiger partial charge in [0.05, 0.1) is 10.5 Å². The predicted octanol–water partition coefficient (Wildman–Crippen LogP) is 2.66. The largest absolute Gasteiger partial charge is 0.377 e. The van der Waals surface area contributed by atoms with Crippen molar-refractivity contribution in [2.45, 2.75) is 32.1 Å². The molecule has 2 rings (SSSR count). The highest BCUT2D eigenvalue weighted by Gasteiger charge is 2.17. The molecule has 0 aliphatic carbocycles. The van der Waals surface area contributed by atoms with E-state index in [1.54, 1.807) is 11.0 Å². The first kappa shape index (κ1) is 19.2. The number of anilines is 1. The number of non-ortho nitro benzene ring substituents is 1. The summed E-state index contributed by atoms with van der Waals surface area (Å²) in [6.45, 7) is 3.84. The Morgan fingerprint density at radius 3 is 2.52 bits per heavy atom. The van der Waals surface area contributed by atoms with Gasteiger partial charge in [-0.05, 0) is 45.0 Å². The van der Waals surface area contributed by atoms with Crippen LogP contribution in [0, 0.1) is 10.1 Å². The van der Waals surface area contributed by atoms with Crippen LogP contribution in [0.2, 0.25) is 0 Å². The Balaban J connectivity index is 1.90. The number of carbonyl (C=O) groups is 1. The Labute approximate surface area is 149 Å². The van der Waals surface area contributed by atoms with Crippen LogP contribution in [0.1, 0.15) is 42.5 Å². The lowest BCUT2D eigenvalue weighted by Gasteiger charge is -2.20. The molecule has 0 spiro atoms. The van der Waals surface area contributed by atoms with Gasteiger partial charge in [0.15, 0.2) is 0 Å². The van der Waals surface area contributed by atoms with Crippen molar-refractivity contribution in [2.75, 3.05) is 45.2 Å². The fourth-order valence-electron chi connectivity index (χ4n) is 3.17. The van der Waals surface area contributed by atoms with Gasteiger partial charge in [0, 0.05) is 38.5 Å². The van der Waals surface area contributed by atoms with Crippen molar-refractivity contribution >= 4 is 17.3 Å². The molecule has 0 aromatic heterocycles. The maximum Gasteiger partial charge on any atom is 0.270 e. The molecule has 1 saturated heterocycles. The molecular weight excluding hydrogens is 320 g/mol. The molecule has 0 unspecified atom stereocenters. The van der Waals surface area contributed by atoms with E-state index in [0.717, 1.165) is 26.1 Å². The number of nitro benzene ring substituents is 1. The first-order valence-electron chi connectivity index (χ1n) is 8.95. The number of rotatable bonds is 7. The van der Waals surface area contributed by atoms with Gasteiger partial charge in [-0.2, -0.15) is 0 Å². The van der Waals surface area contributed by atoms with Gasteiger partial charge < -0.3 is 15.1 Å². The lowest BCUT2D eigenvalue weighted by Crippen LogP contribution is -2.31. The quantitative estimate of drug-likeness (QED) is 0.465. The van der Waals surface area contributed by atoms with Gasteiger partial charge in [-0.25, -0.2) is 0 Å². The van der Waals surface area contributed by atoms with Crippen molar-refractivity contribution < 1.29 is 9.72 Å². The minimum Gasteiger partial charge on any atom is -0.377 e. The second-order valence-corrected chi connectivity index (χ2v) is 6.72. The van der Waals surface area contributed by atoms with Gasteiger partial charge in [-0.15, -0.1) is 0 Å². The predicted molar refractivity (Wildman–Crippen MR) is 99.3 cm³/mol. The number of nitrogens with one attached hydrogen (secondary N) is 1. The molecule has 1 aromatic rings. The van der Waals surface area contributed by atoms with E-state index in [4.69, 9.17) is 0 Å². The van der Waals surface area contributed by atoms with Crippen molar-refractivity contribution in [3.8, 4) is 0 Å². The van der Waals surface area contributed by atoms with E-state index in [1.165, 1.54) is 37.8 Å². The van der Waals surface area contributed by atoms with Crippen molar-refractivity contribution in [3.05, 3.63) is 33.9 Å². The molecule has 0 saturated carbocycles. The molecule has 7 nitrogen and oxygen atoms in total. The van der Waals surface area contributed by atoms with Crippen LogP contribution in [0.4, 0.5) is 11.4 Å². The van der Waals surface area contributed by atoms with Crippen molar-refractivity contribution in [3.63, 3.8) is 0 Å². The second-order valence-electron chi connectivity index (χ2n) is 6.72. The highest BCUT2D eigenvalue weighted by molar-refractivity contribution is 6.00. The normalized spacial score (nSPS) is 15.4. The van der Waals surface area contributed by atoms with Gasteiger partial charge in [-0.1, -0.05) is 12.8 Å². The Hall–Kier alpha value is -2.15. The minimum absolute atomic E-state index is 0.0692. The Morgan fingerprint density at radius 2 is 1.92 bits per heavy atom. The summed E-state index contributed by atoms with van der Waals surface area (Å²) in [6.07, 6.45) is 6.02. The first-order valence-corrected chi connectivity index (χ1v) is 8.95. The summed E-state index contributed by atoms with van der Waals surface area (Å²) in [7, 11) is 3.63. The fourth-order valence-corrected chi connectivity index (χ4v) is 3.17. The molecule has 25 heavy (non-hydrogen) atoms. The topological polar surface area (TPSA) is 78.7 Å². The standard InChI is InChI=1S/C18H28N4O3/c1-20(2)17-9-8-15(22(24)25)14-16(17)18(23)19-10-7-13-21-11-5-3-4-6-12-21/h8-9,14H,3-7,10-13H2,1-2H3,(H,19,23). The average Bonchev–Trinajstić information content (AvgIpc) is 2.86. The maximum atomic E-state index is 12.5. The molecule has 0 bridgehead atoms. The molecule has 1 fully saturated rings. The molecular formula is C18H28N4O3. The molecule has 138 valence electrons. The number of hydrogen-bond acceptors (Lipinski definition) is 5. The molecule has 7 heteroatoms. The van der Waals surface area contributed by atoms with Gasteiger partial charge in [0.2, 0.25) is 0 Å². The van der Waals surface area contributed by atoms with Gasteiger partial charge >= 0.3 is 0 Å². The van der Waals surface area contributed by atoms with Gasteiger partial charge in [0.25, 0.3) is 11.6 Å². The molecule has 1 aliphatic rings. The Kier molecular flexibility index (Phi) is 7.18. The molecule has 1 N–H and O–H groups in total. The van der Waals surface area contributed by atoms with E-state index < -0.39 is 4.92 Å². The third-order valence-electron chi connectivity index (χ3n) is 4.55. The molecule has 1 aliphatic heterocycles. The van der Waals surface area contributed by atoms with Gasteiger partial charge in [0.1, 0.15) is 0 Å². The third-order valence-corrected chi connectivity index (χ3v) is 4.55. The fraction of sp³-hybridized carbons (Fsp3) is 0.611. The number of carbonyl (C=O) groups excluding carboxylic acids is 1. The number of hydrogen-bond donors (Lipinski definition) is 1. The number of likely N-dealkylation sites (tertiary alicyclic amines) is 1. The molecule has 0 radical (unpaired) electrons. The zero-order valence-corrected chi connectivity index (χ0v) is 15.2. The van der Waals surface area contributed by atoms with E-state index in [1.807, 2.05) is 14.1 Å². The summed E-state index contributed by atoms with van der Waals surface area (Å²) < 4.78 is 0. The number of amides is 1. The summed E-state index contributed by atoms with van der Waals surface area (Å²) in [5.74, 6) is -0.261. The lowest BCUT2D eigenvalue weighted by molar-refractivity contribution is -0.384. The summed E-state index contributed by atoms with van der Waals surface area (Å²) >= 11 is 0. The van der Waals surface area contributed by atoms with E-state index >= 15 is 0 Å². The van der Waals surface area contributed by atoms with Crippen LogP contribution in [-0.4, -0.2) is 56.0 Å². The van der Waals surface area contributed by atoms with Crippen molar-refractivity contribution in [2.24, 2.45) is 0 Å². The summed E-state index contributed by atoms with van der Waals surface area (Å²) in [5.41, 5.74) is 0.949. The van der Waals surface area contributed by atoms with Crippen LogP contribution in [0.5, 0.6) is 0 Å². The average molecular weight is 348 g/mol. The van der Waals surface area contributed by atoms with E-state index in [9.17, 15) is 14.9 Å². The minimum atomic E-state index is -0.477. The van der Waals surface area contributed by atoms with Crippen LogP contribution >= 0.6 is 0 Å².